The lowest BCUT2D eigenvalue weighted by atomic mass is 9.97. The minimum Gasteiger partial charge on any atom is -0.486 e. The van der Waals surface area contributed by atoms with E-state index in [-0.39, 0.29) is 5.41 Å². The standard InChI is InChI=1S/C25H31N7O3S/c1-25(2,3)13-28-6-7-32-23-21(22(27)29-14-30-23)31-24(32)36-20-11-19-18(33-8-9-34-19)10-16(20)17-5-4-15(12-26)35-17/h4-5,10-11,14,28H,6-9,12-13,26H2,1-3H3,(H2,27,29,30). The summed E-state index contributed by atoms with van der Waals surface area (Å²) in [5.74, 6) is 3.12. The minimum absolute atomic E-state index is 0.187. The van der Waals surface area contributed by atoms with Crippen LogP contribution in [-0.2, 0) is 13.1 Å². The lowest BCUT2D eigenvalue weighted by Crippen LogP contribution is -2.29. The summed E-state index contributed by atoms with van der Waals surface area (Å²) in [6.07, 6.45) is 1.47. The molecule has 0 saturated heterocycles. The molecule has 1 aromatic carbocycles. The van der Waals surface area contributed by atoms with Gasteiger partial charge in [0.2, 0.25) is 0 Å². The highest BCUT2D eigenvalue weighted by Gasteiger charge is 2.23. The number of nitrogens with two attached hydrogens (primary N) is 2. The zero-order valence-electron chi connectivity index (χ0n) is 20.7. The van der Waals surface area contributed by atoms with E-state index in [0.29, 0.717) is 66.3 Å². The molecule has 0 unspecified atom stereocenters. The highest BCUT2D eigenvalue weighted by molar-refractivity contribution is 7.99. The van der Waals surface area contributed by atoms with E-state index in [9.17, 15) is 0 Å². The van der Waals surface area contributed by atoms with Gasteiger partial charge in [-0.1, -0.05) is 32.5 Å². The van der Waals surface area contributed by atoms with Gasteiger partial charge in [0.25, 0.3) is 0 Å². The zero-order chi connectivity index (χ0) is 25.3. The van der Waals surface area contributed by atoms with Crippen molar-refractivity contribution >= 4 is 28.7 Å². The number of anilines is 1. The summed E-state index contributed by atoms with van der Waals surface area (Å²) >= 11 is 1.50. The van der Waals surface area contributed by atoms with Crippen LogP contribution in [0.3, 0.4) is 0 Å². The third-order valence-corrected chi connectivity index (χ3v) is 6.72. The number of fused-ring (bicyclic) bond motifs is 2. The van der Waals surface area contributed by atoms with Crippen LogP contribution >= 0.6 is 11.8 Å². The van der Waals surface area contributed by atoms with E-state index < -0.39 is 0 Å². The summed E-state index contributed by atoms with van der Waals surface area (Å²) in [5, 5.41) is 4.27. The van der Waals surface area contributed by atoms with Crippen molar-refractivity contribution in [1.82, 2.24) is 24.8 Å². The lowest BCUT2D eigenvalue weighted by molar-refractivity contribution is 0.171. The van der Waals surface area contributed by atoms with Crippen molar-refractivity contribution in [3.05, 3.63) is 36.4 Å². The Hall–Kier alpha value is -3.28. The van der Waals surface area contributed by atoms with Crippen LogP contribution in [0.5, 0.6) is 11.5 Å². The Labute approximate surface area is 213 Å². The number of nitrogen functional groups attached to an aromatic ring is 1. The Kier molecular flexibility index (Phi) is 6.78. The van der Waals surface area contributed by atoms with Crippen molar-refractivity contribution in [2.45, 2.75) is 43.9 Å². The largest absolute Gasteiger partial charge is 0.486 e. The van der Waals surface area contributed by atoms with E-state index in [1.165, 1.54) is 18.1 Å². The molecule has 4 heterocycles. The Bertz CT molecular complexity index is 1380. The molecule has 10 nitrogen and oxygen atoms in total. The van der Waals surface area contributed by atoms with Crippen LogP contribution in [0.15, 0.2) is 45.1 Å². The molecule has 3 aromatic heterocycles. The molecule has 0 aliphatic carbocycles. The second kappa shape index (κ2) is 10.00. The van der Waals surface area contributed by atoms with E-state index in [2.05, 4.69) is 40.6 Å². The maximum atomic E-state index is 6.16. The summed E-state index contributed by atoms with van der Waals surface area (Å²) in [6.45, 7) is 10.3. The molecule has 1 aliphatic rings. The molecule has 36 heavy (non-hydrogen) atoms. The van der Waals surface area contributed by atoms with Crippen molar-refractivity contribution in [3.8, 4) is 22.8 Å². The van der Waals surface area contributed by atoms with Crippen LogP contribution in [0.2, 0.25) is 0 Å². The van der Waals surface area contributed by atoms with Crippen molar-refractivity contribution < 1.29 is 13.9 Å². The minimum atomic E-state index is 0.187. The molecule has 0 amide bonds. The molecule has 11 heteroatoms. The maximum absolute atomic E-state index is 6.16. The molecule has 0 spiro atoms. The van der Waals surface area contributed by atoms with Gasteiger partial charge in [0.1, 0.15) is 31.1 Å². The van der Waals surface area contributed by atoms with Gasteiger partial charge in [0.05, 0.1) is 6.54 Å². The normalized spacial score (nSPS) is 13.4. The monoisotopic (exact) mass is 509 g/mol. The molecule has 190 valence electrons. The fourth-order valence-electron chi connectivity index (χ4n) is 3.95. The first kappa shape index (κ1) is 24.4. The number of aromatic nitrogens is 4. The van der Waals surface area contributed by atoms with Gasteiger partial charge in [-0.3, -0.25) is 0 Å². The van der Waals surface area contributed by atoms with E-state index >= 15 is 0 Å². The lowest BCUT2D eigenvalue weighted by Gasteiger charge is -2.21. The smallest absolute Gasteiger partial charge is 0.175 e. The topological polar surface area (TPSA) is 139 Å². The number of furan rings is 1. The number of nitrogens with one attached hydrogen (secondary N) is 1. The quantitative estimate of drug-likeness (QED) is 0.301. The molecule has 0 bridgehead atoms. The van der Waals surface area contributed by atoms with E-state index in [1.54, 1.807) is 0 Å². The first-order chi connectivity index (χ1) is 17.3. The van der Waals surface area contributed by atoms with Crippen LogP contribution in [-0.4, -0.2) is 45.8 Å². The van der Waals surface area contributed by atoms with Gasteiger partial charge in [0, 0.05) is 30.1 Å². The van der Waals surface area contributed by atoms with Gasteiger partial charge in [0.15, 0.2) is 33.6 Å². The van der Waals surface area contributed by atoms with E-state index in [0.717, 1.165) is 28.7 Å². The predicted octanol–water partition coefficient (Wildman–Crippen LogP) is 3.69. The highest BCUT2D eigenvalue weighted by Crippen LogP contribution is 2.44. The molecule has 0 radical (unpaired) electrons. The molecule has 5 rings (SSSR count). The first-order valence-electron chi connectivity index (χ1n) is 11.9. The van der Waals surface area contributed by atoms with Gasteiger partial charge in [-0.2, -0.15) is 0 Å². The second-order valence-corrected chi connectivity index (χ2v) is 10.8. The average molecular weight is 510 g/mol. The van der Waals surface area contributed by atoms with E-state index in [4.69, 9.17) is 30.3 Å². The van der Waals surface area contributed by atoms with E-state index in [1.807, 2.05) is 24.3 Å². The third-order valence-electron chi connectivity index (χ3n) is 5.67. The summed E-state index contributed by atoms with van der Waals surface area (Å²) in [4.78, 5) is 14.4. The molecule has 1 aliphatic heterocycles. The number of imidazole rings is 1. The van der Waals surface area contributed by atoms with Crippen molar-refractivity contribution in [3.63, 3.8) is 0 Å². The molecule has 0 atom stereocenters. The Morgan fingerprint density at radius 1 is 1.11 bits per heavy atom. The Morgan fingerprint density at radius 2 is 1.89 bits per heavy atom. The molecule has 4 aromatic rings. The first-order valence-corrected chi connectivity index (χ1v) is 12.7. The van der Waals surface area contributed by atoms with Gasteiger partial charge in [-0.05, 0) is 29.7 Å². The molecule has 5 N–H and O–H groups in total. The van der Waals surface area contributed by atoms with Crippen molar-refractivity contribution in [1.29, 1.82) is 0 Å². The number of rotatable bonds is 8. The van der Waals surface area contributed by atoms with Crippen molar-refractivity contribution in [2.75, 3.05) is 32.0 Å². The number of nitrogens with zero attached hydrogens (tertiary/aromatic N) is 4. The van der Waals surface area contributed by atoms with Crippen LogP contribution in [0, 0.1) is 5.41 Å². The summed E-state index contributed by atoms with van der Waals surface area (Å²) in [7, 11) is 0. The summed E-state index contributed by atoms with van der Waals surface area (Å²) < 4.78 is 19.8. The fraction of sp³-hybridized carbons (Fsp3) is 0.400. The second-order valence-electron chi connectivity index (χ2n) is 9.78. The number of hydrogen-bond donors (Lipinski definition) is 3. The zero-order valence-corrected chi connectivity index (χ0v) is 21.5. The highest BCUT2D eigenvalue weighted by atomic mass is 32.2. The van der Waals surface area contributed by atoms with Crippen molar-refractivity contribution in [2.24, 2.45) is 11.1 Å². The van der Waals surface area contributed by atoms with Crippen LogP contribution in [0.1, 0.15) is 26.5 Å². The number of hydrogen-bond acceptors (Lipinski definition) is 10. The van der Waals surface area contributed by atoms with Gasteiger partial charge >= 0.3 is 0 Å². The molecule has 0 saturated carbocycles. The van der Waals surface area contributed by atoms with Gasteiger partial charge < -0.3 is 35.2 Å². The van der Waals surface area contributed by atoms with Crippen LogP contribution in [0.4, 0.5) is 5.82 Å². The third kappa shape index (κ3) is 5.13. The summed E-state index contributed by atoms with van der Waals surface area (Å²) in [6, 6.07) is 7.71. The predicted molar refractivity (Wildman–Crippen MR) is 139 cm³/mol. The maximum Gasteiger partial charge on any atom is 0.175 e. The molecular weight excluding hydrogens is 478 g/mol. The molecular formula is C25H31N7O3S. The van der Waals surface area contributed by atoms with Gasteiger partial charge in [-0.15, -0.1) is 0 Å². The fourth-order valence-corrected chi connectivity index (χ4v) is 5.00. The number of benzene rings is 1. The Morgan fingerprint density at radius 3 is 2.61 bits per heavy atom. The SMILES string of the molecule is CC(C)(C)CNCCn1c(Sc2cc3c(cc2-c2ccc(CN)o2)OCCO3)nc2c(N)ncnc21. The van der Waals surface area contributed by atoms with Gasteiger partial charge in [-0.25, -0.2) is 15.0 Å². The summed E-state index contributed by atoms with van der Waals surface area (Å²) in [5.41, 5.74) is 14.3. The molecule has 0 fully saturated rings. The van der Waals surface area contributed by atoms with Crippen LogP contribution in [0.25, 0.3) is 22.5 Å². The average Bonchev–Trinajstić information content (AvgIpc) is 3.46. The number of ether oxygens (including phenoxy) is 2. The van der Waals surface area contributed by atoms with Crippen LogP contribution < -0.4 is 26.3 Å². The Balaban J connectivity index is 1.54.